The van der Waals surface area contributed by atoms with Crippen LogP contribution >= 0.6 is 23.4 Å². The Morgan fingerprint density at radius 2 is 1.83 bits per heavy atom. The molecule has 1 aliphatic rings. The summed E-state index contributed by atoms with van der Waals surface area (Å²) in [7, 11) is 0. The molecule has 1 aliphatic heterocycles. The highest BCUT2D eigenvalue weighted by Crippen LogP contribution is 2.32. The van der Waals surface area contributed by atoms with Crippen molar-refractivity contribution in [2.45, 2.75) is 6.92 Å². The molecule has 3 rings (SSSR count). The number of nitrogens with zero attached hydrogens (tertiary/aromatic N) is 1. The first-order chi connectivity index (χ1) is 14.0. The molecule has 2 aromatic rings. The number of hydrogen-bond donors (Lipinski definition) is 1. The lowest BCUT2D eigenvalue weighted by atomic mass is 10.2. The van der Waals surface area contributed by atoms with Gasteiger partial charge in [-0.2, -0.15) is 0 Å². The summed E-state index contributed by atoms with van der Waals surface area (Å²) in [5.74, 6) is 0.0383. The first-order valence-corrected chi connectivity index (χ1v) is 10.2. The predicted molar refractivity (Wildman–Crippen MR) is 114 cm³/mol. The molecule has 0 unspecified atom stereocenters. The highest BCUT2D eigenvalue weighted by Gasteiger charge is 2.34. The molecule has 0 aliphatic carbocycles. The van der Waals surface area contributed by atoms with E-state index in [9.17, 15) is 14.4 Å². The molecule has 29 heavy (non-hydrogen) atoms. The Hall–Kier alpha value is -2.77. The molecular formula is C21H19ClN2O4S. The van der Waals surface area contributed by atoms with Gasteiger partial charge in [-0.05, 0) is 66.7 Å². The minimum absolute atomic E-state index is 0.103. The normalized spacial score (nSPS) is 15.1. The average Bonchev–Trinajstić information content (AvgIpc) is 2.98. The van der Waals surface area contributed by atoms with Gasteiger partial charge in [0.05, 0.1) is 11.5 Å². The molecule has 0 aromatic heterocycles. The summed E-state index contributed by atoms with van der Waals surface area (Å²) in [5.41, 5.74) is 1.26. The maximum Gasteiger partial charge on any atom is 0.293 e. The van der Waals surface area contributed by atoms with Gasteiger partial charge in [0.2, 0.25) is 0 Å². The van der Waals surface area contributed by atoms with E-state index < -0.39 is 0 Å². The maximum atomic E-state index is 12.5. The second-order valence-electron chi connectivity index (χ2n) is 6.10. The van der Waals surface area contributed by atoms with E-state index in [1.165, 1.54) is 0 Å². The molecule has 1 fully saturated rings. The van der Waals surface area contributed by atoms with Gasteiger partial charge in [0, 0.05) is 23.7 Å². The fourth-order valence-electron chi connectivity index (χ4n) is 2.66. The van der Waals surface area contributed by atoms with Crippen molar-refractivity contribution >= 4 is 46.5 Å². The Morgan fingerprint density at radius 1 is 1.14 bits per heavy atom. The Kier molecular flexibility index (Phi) is 6.95. The van der Waals surface area contributed by atoms with Crippen LogP contribution in [0.4, 0.5) is 4.79 Å². The lowest BCUT2D eigenvalue weighted by Crippen LogP contribution is -2.37. The van der Waals surface area contributed by atoms with E-state index in [1.54, 1.807) is 54.6 Å². The molecule has 150 valence electrons. The third-order valence-corrected chi connectivity index (χ3v) is 5.25. The first kappa shape index (κ1) is 21.0. The van der Waals surface area contributed by atoms with Crippen LogP contribution in [0.5, 0.6) is 5.75 Å². The van der Waals surface area contributed by atoms with Crippen molar-refractivity contribution in [1.29, 1.82) is 0 Å². The number of ether oxygens (including phenoxy) is 1. The third kappa shape index (κ3) is 5.40. The Labute approximate surface area is 177 Å². The summed E-state index contributed by atoms with van der Waals surface area (Å²) in [6.45, 7) is 2.70. The number of imide groups is 1. The van der Waals surface area contributed by atoms with Crippen LogP contribution in [0, 0.1) is 0 Å². The minimum atomic E-state index is -0.370. The van der Waals surface area contributed by atoms with E-state index in [0.29, 0.717) is 27.8 Å². The summed E-state index contributed by atoms with van der Waals surface area (Å²) < 4.78 is 5.34. The van der Waals surface area contributed by atoms with Crippen molar-refractivity contribution in [2.75, 3.05) is 19.7 Å². The third-order valence-electron chi connectivity index (χ3n) is 4.09. The Balaban J connectivity index is 1.55. The van der Waals surface area contributed by atoms with Gasteiger partial charge in [-0.15, -0.1) is 0 Å². The summed E-state index contributed by atoms with van der Waals surface area (Å²) in [6.07, 6.45) is 1.65. The zero-order valence-electron chi connectivity index (χ0n) is 15.7. The lowest BCUT2D eigenvalue weighted by Gasteiger charge is -2.13. The van der Waals surface area contributed by atoms with Gasteiger partial charge >= 0.3 is 0 Å². The highest BCUT2D eigenvalue weighted by molar-refractivity contribution is 8.18. The molecule has 0 saturated carbocycles. The molecule has 0 spiro atoms. The van der Waals surface area contributed by atoms with Crippen molar-refractivity contribution in [3.05, 3.63) is 69.6 Å². The standard InChI is InChI=1S/C21H19ClN2O4S/c1-2-28-17-9-5-15(6-10-17)19(25)23-11-12-24-20(26)18(29-21(24)27)13-14-3-7-16(22)8-4-14/h3-10,13H,2,11-12H2,1H3,(H,23,25)/b18-13-. The SMILES string of the molecule is CCOc1ccc(C(=O)NCCN2C(=O)S/C(=C\c3ccc(Cl)cc3)C2=O)cc1. The average molecular weight is 431 g/mol. The fraction of sp³-hybridized carbons (Fsp3) is 0.190. The van der Waals surface area contributed by atoms with Gasteiger partial charge in [-0.3, -0.25) is 19.3 Å². The molecule has 2 aromatic carbocycles. The number of thioether (sulfide) groups is 1. The van der Waals surface area contributed by atoms with Gasteiger partial charge in [-0.25, -0.2) is 0 Å². The van der Waals surface area contributed by atoms with Crippen LogP contribution in [-0.2, 0) is 4.79 Å². The molecule has 1 N–H and O–H groups in total. The van der Waals surface area contributed by atoms with Crippen molar-refractivity contribution in [3.63, 3.8) is 0 Å². The fourth-order valence-corrected chi connectivity index (χ4v) is 3.65. The van der Waals surface area contributed by atoms with Crippen LogP contribution in [0.15, 0.2) is 53.4 Å². The van der Waals surface area contributed by atoms with Gasteiger partial charge in [0.1, 0.15) is 5.75 Å². The summed E-state index contributed by atoms with van der Waals surface area (Å²) >= 11 is 6.74. The van der Waals surface area contributed by atoms with E-state index in [2.05, 4.69) is 5.32 Å². The van der Waals surface area contributed by atoms with Crippen molar-refractivity contribution in [2.24, 2.45) is 0 Å². The Bertz CT molecular complexity index is 942. The molecule has 1 heterocycles. The number of carbonyl (C=O) groups excluding carboxylic acids is 3. The summed E-state index contributed by atoms with van der Waals surface area (Å²) in [4.78, 5) is 38.3. The quantitative estimate of drug-likeness (QED) is 0.666. The van der Waals surface area contributed by atoms with Crippen LogP contribution in [0.2, 0.25) is 5.02 Å². The predicted octanol–water partition coefficient (Wildman–Crippen LogP) is 4.21. The van der Waals surface area contributed by atoms with Crippen molar-refractivity contribution in [3.8, 4) is 5.75 Å². The molecule has 3 amide bonds. The number of amides is 3. The van der Waals surface area contributed by atoms with E-state index in [1.807, 2.05) is 6.92 Å². The molecule has 0 atom stereocenters. The van der Waals surface area contributed by atoms with Gasteiger partial charge < -0.3 is 10.1 Å². The van der Waals surface area contributed by atoms with Crippen LogP contribution in [0.3, 0.4) is 0 Å². The topological polar surface area (TPSA) is 75.7 Å². The van der Waals surface area contributed by atoms with Gasteiger partial charge in [0.15, 0.2) is 0 Å². The van der Waals surface area contributed by atoms with Crippen molar-refractivity contribution in [1.82, 2.24) is 10.2 Å². The number of rotatable bonds is 7. The molecule has 0 bridgehead atoms. The number of benzene rings is 2. The van der Waals surface area contributed by atoms with Gasteiger partial charge in [-0.1, -0.05) is 23.7 Å². The number of nitrogens with one attached hydrogen (secondary N) is 1. The smallest absolute Gasteiger partial charge is 0.293 e. The summed E-state index contributed by atoms with van der Waals surface area (Å²) in [6, 6.07) is 13.7. The van der Waals surface area contributed by atoms with E-state index in [-0.39, 0.29) is 30.1 Å². The lowest BCUT2D eigenvalue weighted by molar-refractivity contribution is -0.122. The zero-order chi connectivity index (χ0) is 20.8. The zero-order valence-corrected chi connectivity index (χ0v) is 17.3. The molecule has 1 saturated heterocycles. The number of carbonyl (C=O) groups is 3. The molecule has 6 nitrogen and oxygen atoms in total. The molecule has 8 heteroatoms. The number of halogens is 1. The highest BCUT2D eigenvalue weighted by atomic mass is 35.5. The Morgan fingerprint density at radius 3 is 2.48 bits per heavy atom. The maximum absolute atomic E-state index is 12.5. The van der Waals surface area contributed by atoms with E-state index >= 15 is 0 Å². The van der Waals surface area contributed by atoms with Crippen LogP contribution in [0.1, 0.15) is 22.8 Å². The second-order valence-corrected chi connectivity index (χ2v) is 7.53. The van der Waals surface area contributed by atoms with E-state index in [4.69, 9.17) is 16.3 Å². The molecular weight excluding hydrogens is 412 g/mol. The largest absolute Gasteiger partial charge is 0.494 e. The minimum Gasteiger partial charge on any atom is -0.494 e. The second kappa shape index (κ2) is 9.62. The monoisotopic (exact) mass is 430 g/mol. The van der Waals surface area contributed by atoms with Gasteiger partial charge in [0.25, 0.3) is 17.1 Å². The van der Waals surface area contributed by atoms with Crippen molar-refractivity contribution < 1.29 is 19.1 Å². The number of hydrogen-bond acceptors (Lipinski definition) is 5. The van der Waals surface area contributed by atoms with Crippen LogP contribution in [0.25, 0.3) is 6.08 Å². The van der Waals surface area contributed by atoms with Crippen LogP contribution in [-0.4, -0.2) is 41.6 Å². The first-order valence-electron chi connectivity index (χ1n) is 9.00. The van der Waals surface area contributed by atoms with Crippen LogP contribution < -0.4 is 10.1 Å². The molecule has 0 radical (unpaired) electrons. The summed E-state index contributed by atoms with van der Waals surface area (Å²) in [5, 5.41) is 2.96. The van der Waals surface area contributed by atoms with E-state index in [0.717, 1.165) is 22.2 Å².